The lowest BCUT2D eigenvalue weighted by Crippen LogP contribution is -2.41. The standard InChI is InChI=1S/C23H15N3O2/c27-19(14-26-11-4-1-5-12-26)24-25-22-18-10-6-8-16-13-15-7-2-3-9-17(15)21(20(16)18)23(22)28/h1-13H,14H2/p+1. The number of hydrazone groups is 1. The molecule has 0 fully saturated rings. The summed E-state index contributed by atoms with van der Waals surface area (Å²) in [6.45, 7) is 0.131. The topological polar surface area (TPSA) is 62.4 Å². The maximum atomic E-state index is 13.2. The van der Waals surface area contributed by atoms with E-state index in [2.05, 4.69) is 16.6 Å². The molecule has 1 heterocycles. The van der Waals surface area contributed by atoms with Crippen LogP contribution in [0, 0.1) is 0 Å². The molecule has 0 aliphatic heterocycles. The number of ketones is 1. The molecule has 0 saturated carbocycles. The van der Waals surface area contributed by atoms with Crippen LogP contribution < -0.4 is 9.99 Å². The van der Waals surface area contributed by atoms with Crippen molar-refractivity contribution < 1.29 is 14.2 Å². The van der Waals surface area contributed by atoms with Gasteiger partial charge in [0.15, 0.2) is 12.4 Å². The zero-order valence-electron chi connectivity index (χ0n) is 14.9. The molecule has 0 bridgehead atoms. The van der Waals surface area contributed by atoms with Gasteiger partial charge in [-0.05, 0) is 22.2 Å². The van der Waals surface area contributed by atoms with Crippen molar-refractivity contribution in [2.75, 3.05) is 0 Å². The number of carbonyl (C=O) groups is 2. The van der Waals surface area contributed by atoms with Gasteiger partial charge in [-0.25, -0.2) is 5.43 Å². The van der Waals surface area contributed by atoms with Crippen LogP contribution in [-0.4, -0.2) is 17.4 Å². The molecule has 0 radical (unpaired) electrons. The van der Waals surface area contributed by atoms with E-state index in [0.717, 1.165) is 27.1 Å². The number of nitrogens with zero attached hydrogens (tertiary/aromatic N) is 2. The monoisotopic (exact) mass is 366 g/mol. The number of rotatable bonds is 3. The molecule has 4 aromatic rings. The predicted molar refractivity (Wildman–Crippen MR) is 107 cm³/mol. The number of hydrogen-bond donors (Lipinski definition) is 1. The highest BCUT2D eigenvalue weighted by Crippen LogP contribution is 2.36. The van der Waals surface area contributed by atoms with Crippen molar-refractivity contribution in [3.05, 3.63) is 90.3 Å². The summed E-state index contributed by atoms with van der Waals surface area (Å²) in [5.41, 5.74) is 4.24. The fourth-order valence-electron chi connectivity index (χ4n) is 3.77. The zero-order valence-corrected chi connectivity index (χ0v) is 14.9. The van der Waals surface area contributed by atoms with Gasteiger partial charge in [0.05, 0.1) is 0 Å². The van der Waals surface area contributed by atoms with Crippen molar-refractivity contribution in [3.8, 4) is 0 Å². The highest BCUT2D eigenvalue weighted by Gasteiger charge is 2.31. The van der Waals surface area contributed by atoms with Gasteiger partial charge in [-0.1, -0.05) is 48.5 Å². The molecule has 5 rings (SSSR count). The second-order valence-electron chi connectivity index (χ2n) is 6.75. The summed E-state index contributed by atoms with van der Waals surface area (Å²) in [6, 6.07) is 21.3. The quantitative estimate of drug-likeness (QED) is 0.344. The Morgan fingerprint density at radius 1 is 0.929 bits per heavy atom. The molecule has 5 heteroatoms. The van der Waals surface area contributed by atoms with Crippen LogP contribution in [0.25, 0.3) is 21.5 Å². The van der Waals surface area contributed by atoms with Gasteiger partial charge >= 0.3 is 5.91 Å². The van der Waals surface area contributed by atoms with Crippen molar-refractivity contribution in [1.82, 2.24) is 5.43 Å². The number of pyridine rings is 1. The Bertz CT molecular complexity index is 1290. The number of aromatic nitrogens is 1. The van der Waals surface area contributed by atoms with E-state index in [1.165, 1.54) is 0 Å². The molecule has 0 atom stereocenters. The Labute approximate surface area is 160 Å². The smallest absolute Gasteiger partial charge is 0.287 e. The number of hydrogen-bond acceptors (Lipinski definition) is 3. The van der Waals surface area contributed by atoms with E-state index in [9.17, 15) is 9.59 Å². The zero-order chi connectivity index (χ0) is 19.1. The molecule has 1 N–H and O–H groups in total. The molecule has 28 heavy (non-hydrogen) atoms. The summed E-state index contributed by atoms with van der Waals surface area (Å²) in [7, 11) is 0. The van der Waals surface area contributed by atoms with Crippen LogP contribution in [0.4, 0.5) is 0 Å². The molecule has 1 aliphatic rings. The summed E-state index contributed by atoms with van der Waals surface area (Å²) in [6.07, 6.45) is 3.60. The molecule has 0 spiro atoms. The van der Waals surface area contributed by atoms with E-state index in [4.69, 9.17) is 0 Å². The van der Waals surface area contributed by atoms with Gasteiger partial charge < -0.3 is 0 Å². The van der Waals surface area contributed by atoms with Crippen molar-refractivity contribution in [2.24, 2.45) is 5.10 Å². The third-order valence-corrected chi connectivity index (χ3v) is 4.98. The fraction of sp³-hybridized carbons (Fsp3) is 0.0435. The average Bonchev–Trinajstić information content (AvgIpc) is 3.01. The first-order valence-corrected chi connectivity index (χ1v) is 9.02. The molecule has 134 valence electrons. The predicted octanol–water partition coefficient (Wildman–Crippen LogP) is 3.00. The van der Waals surface area contributed by atoms with E-state index in [-0.39, 0.29) is 23.9 Å². The lowest BCUT2D eigenvalue weighted by atomic mass is 9.98. The van der Waals surface area contributed by atoms with Crippen molar-refractivity contribution in [2.45, 2.75) is 6.54 Å². The number of nitrogens with one attached hydrogen (secondary N) is 1. The van der Waals surface area contributed by atoms with Gasteiger partial charge in [0, 0.05) is 28.6 Å². The van der Waals surface area contributed by atoms with E-state index < -0.39 is 0 Å². The SMILES string of the molecule is O=C(C[n+]1ccccc1)N/N=C1\C(=O)c2c3ccccc3cc3cccc1c23. The number of benzene rings is 3. The maximum Gasteiger partial charge on any atom is 0.305 e. The molecule has 5 nitrogen and oxygen atoms in total. The molecule has 1 aliphatic carbocycles. The second kappa shape index (κ2) is 6.39. The first kappa shape index (κ1) is 16.3. The van der Waals surface area contributed by atoms with Gasteiger partial charge in [0.25, 0.3) is 0 Å². The van der Waals surface area contributed by atoms with Crippen LogP contribution in [-0.2, 0) is 11.3 Å². The number of fused-ring (bicyclic) bond motifs is 2. The molecule has 0 unspecified atom stereocenters. The normalized spacial score (nSPS) is 14.1. The van der Waals surface area contributed by atoms with Crippen molar-refractivity contribution in [1.29, 1.82) is 0 Å². The summed E-state index contributed by atoms with van der Waals surface area (Å²) in [4.78, 5) is 25.4. The van der Waals surface area contributed by atoms with Gasteiger partial charge in [0.1, 0.15) is 5.71 Å². The number of carbonyl (C=O) groups excluding carboxylic acids is 2. The molecule has 3 aromatic carbocycles. The Morgan fingerprint density at radius 2 is 1.71 bits per heavy atom. The second-order valence-corrected chi connectivity index (χ2v) is 6.75. The first-order chi connectivity index (χ1) is 13.7. The van der Waals surface area contributed by atoms with E-state index in [0.29, 0.717) is 5.56 Å². The maximum absolute atomic E-state index is 13.2. The van der Waals surface area contributed by atoms with Crippen molar-refractivity contribution >= 4 is 38.9 Å². The summed E-state index contributed by atoms with van der Waals surface area (Å²) in [5, 5.41) is 8.02. The fourth-order valence-corrected chi connectivity index (χ4v) is 3.77. The van der Waals surface area contributed by atoms with Crippen LogP contribution in [0.1, 0.15) is 15.9 Å². The van der Waals surface area contributed by atoms with Crippen molar-refractivity contribution in [3.63, 3.8) is 0 Å². The largest absolute Gasteiger partial charge is 0.305 e. The highest BCUT2D eigenvalue weighted by atomic mass is 16.2. The number of Topliss-reactive ketones (excluding diaryl/α,β-unsaturated/α-hetero) is 1. The highest BCUT2D eigenvalue weighted by molar-refractivity contribution is 6.60. The lowest BCUT2D eigenvalue weighted by Gasteiger charge is -2.05. The van der Waals surface area contributed by atoms with Crippen LogP contribution in [0.15, 0.2) is 84.2 Å². The van der Waals surface area contributed by atoms with Gasteiger partial charge in [0.2, 0.25) is 12.3 Å². The summed E-state index contributed by atoms with van der Waals surface area (Å²) in [5.74, 6) is -0.444. The molecule has 1 aromatic heterocycles. The molecular formula is C23H16N3O2+. The van der Waals surface area contributed by atoms with Gasteiger partial charge in [-0.3, -0.25) is 9.59 Å². The van der Waals surface area contributed by atoms with Crippen LogP contribution in [0.3, 0.4) is 0 Å². The third-order valence-electron chi connectivity index (χ3n) is 4.98. The van der Waals surface area contributed by atoms with E-state index >= 15 is 0 Å². The Morgan fingerprint density at radius 3 is 2.57 bits per heavy atom. The molecule has 0 saturated heterocycles. The summed E-state index contributed by atoms with van der Waals surface area (Å²) >= 11 is 0. The minimum atomic E-state index is -0.288. The van der Waals surface area contributed by atoms with Gasteiger partial charge in [-0.2, -0.15) is 9.67 Å². The minimum Gasteiger partial charge on any atom is -0.287 e. The lowest BCUT2D eigenvalue weighted by molar-refractivity contribution is -0.684. The summed E-state index contributed by atoms with van der Waals surface area (Å²) < 4.78 is 1.75. The van der Waals surface area contributed by atoms with E-state index in [1.807, 2.05) is 60.7 Å². The molecular weight excluding hydrogens is 350 g/mol. The van der Waals surface area contributed by atoms with Crippen LogP contribution >= 0.6 is 0 Å². The molecule has 1 amide bonds. The van der Waals surface area contributed by atoms with Crippen LogP contribution in [0.2, 0.25) is 0 Å². The Kier molecular flexibility index (Phi) is 3.72. The Hall–Kier alpha value is -3.86. The van der Waals surface area contributed by atoms with Crippen LogP contribution in [0.5, 0.6) is 0 Å². The number of amides is 1. The third kappa shape index (κ3) is 2.56. The van der Waals surface area contributed by atoms with E-state index in [1.54, 1.807) is 17.0 Å². The average molecular weight is 366 g/mol. The Balaban J connectivity index is 1.55. The van der Waals surface area contributed by atoms with Gasteiger partial charge in [-0.15, -0.1) is 0 Å². The first-order valence-electron chi connectivity index (χ1n) is 9.02. The minimum absolute atomic E-state index is 0.131.